The van der Waals surface area contributed by atoms with Gasteiger partial charge < -0.3 is 5.11 Å². The van der Waals surface area contributed by atoms with E-state index in [1.54, 1.807) is 4.68 Å². The molecule has 0 saturated carbocycles. The Labute approximate surface area is 109 Å². The third-order valence-electron chi connectivity index (χ3n) is 3.18. The van der Waals surface area contributed by atoms with Gasteiger partial charge in [0.15, 0.2) is 0 Å². The number of hydrogen-bond donors (Lipinski definition) is 1. The third-order valence-corrected chi connectivity index (χ3v) is 3.66. The van der Waals surface area contributed by atoms with Crippen molar-refractivity contribution in [1.29, 1.82) is 0 Å². The molecule has 0 saturated heterocycles. The molecule has 0 amide bonds. The molecule has 0 spiro atoms. The van der Waals surface area contributed by atoms with E-state index < -0.39 is 0 Å². The van der Waals surface area contributed by atoms with E-state index in [4.69, 9.17) is 11.6 Å². The van der Waals surface area contributed by atoms with Gasteiger partial charge in [-0.05, 0) is 25.2 Å². The smallest absolute Gasteiger partial charge is 0.130 e. The molecule has 3 nitrogen and oxygen atoms in total. The van der Waals surface area contributed by atoms with Gasteiger partial charge in [0.05, 0.1) is 11.8 Å². The van der Waals surface area contributed by atoms with Crippen LogP contribution in [0.25, 0.3) is 0 Å². The highest BCUT2D eigenvalue weighted by molar-refractivity contribution is 6.30. The molecule has 0 fully saturated rings. The predicted molar refractivity (Wildman–Crippen MR) is 71.3 cm³/mol. The first kappa shape index (κ1) is 14.5. The van der Waals surface area contributed by atoms with E-state index in [1.807, 2.05) is 14.0 Å². The van der Waals surface area contributed by atoms with Gasteiger partial charge in [0, 0.05) is 19.0 Å². The van der Waals surface area contributed by atoms with Gasteiger partial charge >= 0.3 is 0 Å². The third kappa shape index (κ3) is 3.71. The van der Waals surface area contributed by atoms with Crippen molar-refractivity contribution in [3.8, 4) is 0 Å². The first-order chi connectivity index (χ1) is 7.82. The molecule has 1 aromatic heterocycles. The zero-order valence-electron chi connectivity index (χ0n) is 11.4. The number of aromatic nitrogens is 2. The van der Waals surface area contributed by atoms with Crippen LogP contribution in [0.2, 0.25) is 5.15 Å². The normalized spacial score (nSPS) is 15.3. The zero-order valence-corrected chi connectivity index (χ0v) is 12.1. The average Bonchev–Trinajstić information content (AvgIpc) is 2.44. The molecule has 0 aliphatic carbocycles. The van der Waals surface area contributed by atoms with E-state index in [2.05, 4.69) is 25.9 Å². The number of aliphatic hydroxyl groups is 1. The van der Waals surface area contributed by atoms with Crippen molar-refractivity contribution < 1.29 is 5.11 Å². The largest absolute Gasteiger partial charge is 0.393 e. The molecule has 0 aliphatic heterocycles. The lowest BCUT2D eigenvalue weighted by atomic mass is 9.90. The van der Waals surface area contributed by atoms with Gasteiger partial charge in [-0.3, -0.25) is 4.68 Å². The van der Waals surface area contributed by atoms with E-state index in [0.29, 0.717) is 17.5 Å². The molecule has 0 bridgehead atoms. The lowest BCUT2D eigenvalue weighted by Gasteiger charge is -2.20. The summed E-state index contributed by atoms with van der Waals surface area (Å²) in [6.07, 6.45) is 1.27. The van der Waals surface area contributed by atoms with Gasteiger partial charge in [0.25, 0.3) is 0 Å². The van der Waals surface area contributed by atoms with Crippen molar-refractivity contribution in [2.75, 3.05) is 0 Å². The first-order valence-corrected chi connectivity index (χ1v) is 6.56. The van der Waals surface area contributed by atoms with Crippen molar-refractivity contribution in [1.82, 2.24) is 9.78 Å². The maximum atomic E-state index is 10.2. The van der Waals surface area contributed by atoms with E-state index in [9.17, 15) is 5.11 Å². The molecule has 17 heavy (non-hydrogen) atoms. The molecule has 4 heteroatoms. The lowest BCUT2D eigenvalue weighted by molar-refractivity contribution is 0.105. The summed E-state index contributed by atoms with van der Waals surface area (Å²) >= 11 is 6.16. The van der Waals surface area contributed by atoms with Crippen molar-refractivity contribution >= 4 is 11.6 Å². The second-order valence-corrected chi connectivity index (χ2v) is 5.71. The Morgan fingerprint density at radius 1 is 1.35 bits per heavy atom. The highest BCUT2D eigenvalue weighted by atomic mass is 35.5. The quantitative estimate of drug-likeness (QED) is 0.882. The van der Waals surface area contributed by atoms with Crippen molar-refractivity contribution in [2.45, 2.75) is 46.6 Å². The van der Waals surface area contributed by atoms with Gasteiger partial charge in [0.2, 0.25) is 0 Å². The molecule has 2 unspecified atom stereocenters. The fourth-order valence-corrected chi connectivity index (χ4v) is 2.47. The molecule has 0 aliphatic rings. The SMILES string of the molecule is Cc1nn(C)c(Cl)c1CC(O)C(C)CC(C)C. The topological polar surface area (TPSA) is 38.0 Å². The van der Waals surface area contributed by atoms with Crippen LogP contribution in [0.15, 0.2) is 0 Å². The van der Waals surface area contributed by atoms with Crippen molar-refractivity contribution in [3.05, 3.63) is 16.4 Å². The summed E-state index contributed by atoms with van der Waals surface area (Å²) in [7, 11) is 1.82. The van der Waals surface area contributed by atoms with Crippen molar-refractivity contribution in [3.63, 3.8) is 0 Å². The summed E-state index contributed by atoms with van der Waals surface area (Å²) in [6, 6.07) is 0. The Hall–Kier alpha value is -0.540. The van der Waals surface area contributed by atoms with Crippen LogP contribution in [0.3, 0.4) is 0 Å². The van der Waals surface area contributed by atoms with Crippen LogP contribution < -0.4 is 0 Å². The second-order valence-electron chi connectivity index (χ2n) is 5.36. The highest BCUT2D eigenvalue weighted by Crippen LogP contribution is 2.24. The summed E-state index contributed by atoms with van der Waals surface area (Å²) in [5.74, 6) is 0.885. The molecule has 0 radical (unpaired) electrons. The van der Waals surface area contributed by atoms with E-state index >= 15 is 0 Å². The summed E-state index contributed by atoms with van der Waals surface area (Å²) in [5.41, 5.74) is 1.88. The fourth-order valence-electron chi connectivity index (χ4n) is 2.22. The van der Waals surface area contributed by atoms with Crippen LogP contribution in [0.5, 0.6) is 0 Å². The zero-order chi connectivity index (χ0) is 13.2. The number of rotatable bonds is 5. The Balaban J connectivity index is 2.70. The number of halogens is 1. The van der Waals surface area contributed by atoms with Gasteiger partial charge in [0.1, 0.15) is 5.15 Å². The molecule has 1 heterocycles. The van der Waals surface area contributed by atoms with Crippen LogP contribution in [0.1, 0.15) is 38.4 Å². The van der Waals surface area contributed by atoms with E-state index in [0.717, 1.165) is 17.7 Å². The molecule has 1 rings (SSSR count). The maximum absolute atomic E-state index is 10.2. The predicted octanol–water partition coefficient (Wildman–Crippen LogP) is 2.97. The molecule has 1 aromatic rings. The minimum absolute atomic E-state index is 0.283. The minimum atomic E-state index is -0.349. The second kappa shape index (κ2) is 5.87. The van der Waals surface area contributed by atoms with Crippen molar-refractivity contribution in [2.24, 2.45) is 18.9 Å². The Morgan fingerprint density at radius 2 is 1.94 bits per heavy atom. The Bertz CT molecular complexity index is 374. The van der Waals surface area contributed by atoms with Gasteiger partial charge in [-0.1, -0.05) is 32.4 Å². The monoisotopic (exact) mass is 258 g/mol. The summed E-state index contributed by atoms with van der Waals surface area (Å²) in [4.78, 5) is 0. The minimum Gasteiger partial charge on any atom is -0.393 e. The summed E-state index contributed by atoms with van der Waals surface area (Å²) < 4.78 is 1.66. The number of hydrogen-bond acceptors (Lipinski definition) is 2. The molecule has 2 atom stereocenters. The molecule has 0 aromatic carbocycles. The van der Waals surface area contributed by atoms with Gasteiger partial charge in [-0.25, -0.2) is 0 Å². The van der Waals surface area contributed by atoms with E-state index in [1.165, 1.54) is 0 Å². The molecule has 1 N–H and O–H groups in total. The fraction of sp³-hybridized carbons (Fsp3) is 0.769. The highest BCUT2D eigenvalue weighted by Gasteiger charge is 2.20. The number of nitrogens with zero attached hydrogens (tertiary/aromatic N) is 2. The average molecular weight is 259 g/mol. The maximum Gasteiger partial charge on any atom is 0.130 e. The first-order valence-electron chi connectivity index (χ1n) is 6.19. The summed E-state index contributed by atoms with van der Waals surface area (Å²) in [6.45, 7) is 8.36. The van der Waals surface area contributed by atoms with Crippen LogP contribution in [-0.2, 0) is 13.5 Å². The van der Waals surface area contributed by atoms with Crippen LogP contribution in [0, 0.1) is 18.8 Å². The van der Waals surface area contributed by atoms with Gasteiger partial charge in [-0.2, -0.15) is 5.10 Å². The number of aliphatic hydroxyl groups excluding tert-OH is 1. The number of aryl methyl sites for hydroxylation is 2. The van der Waals surface area contributed by atoms with Crippen LogP contribution in [-0.4, -0.2) is 21.0 Å². The molecule has 98 valence electrons. The lowest BCUT2D eigenvalue weighted by Crippen LogP contribution is -2.22. The van der Waals surface area contributed by atoms with Gasteiger partial charge in [-0.15, -0.1) is 0 Å². The molecular formula is C13H23ClN2O. The Morgan fingerprint density at radius 3 is 2.35 bits per heavy atom. The molecular weight excluding hydrogens is 236 g/mol. The summed E-state index contributed by atoms with van der Waals surface area (Å²) in [5, 5.41) is 15.1. The standard InChI is InChI=1S/C13H23ClN2O/c1-8(2)6-9(3)12(17)7-11-10(4)15-16(5)13(11)14/h8-9,12,17H,6-7H2,1-5H3. The van der Waals surface area contributed by atoms with Crippen LogP contribution in [0.4, 0.5) is 0 Å². The van der Waals surface area contributed by atoms with Crippen LogP contribution >= 0.6 is 11.6 Å². The Kier molecular flexibility index (Phi) is 5.02. The van der Waals surface area contributed by atoms with E-state index in [-0.39, 0.29) is 12.0 Å².